The first-order valence-electron chi connectivity index (χ1n) is 7.67. The number of hydrogen-bond donors (Lipinski definition) is 1. The van der Waals surface area contributed by atoms with E-state index in [-0.39, 0.29) is 13.0 Å². The molecular formula is C16H21N3O4S. The summed E-state index contributed by atoms with van der Waals surface area (Å²) in [6.07, 6.45) is 1.41. The van der Waals surface area contributed by atoms with Gasteiger partial charge >= 0.3 is 12.1 Å². The third-order valence-corrected chi connectivity index (χ3v) is 4.31. The first-order valence-corrected chi connectivity index (χ1v) is 8.48. The van der Waals surface area contributed by atoms with Gasteiger partial charge in [-0.15, -0.1) is 11.3 Å². The van der Waals surface area contributed by atoms with Crippen LogP contribution in [0, 0.1) is 0 Å². The maximum atomic E-state index is 12.5. The molecular weight excluding hydrogens is 330 g/mol. The Bertz CT molecular complexity index is 751. The molecule has 24 heavy (non-hydrogen) atoms. The number of amides is 1. The standard InChI is InChI=1S/C16H21N3O4S/c1-5-10-8-11-13(17-9-18-14(11)24-10)19(7-6-12(20)21)15(22)23-16(2,3)4/h8-9H,5-7H2,1-4H3,(H,20,21). The van der Waals surface area contributed by atoms with E-state index in [1.54, 1.807) is 20.8 Å². The van der Waals surface area contributed by atoms with E-state index >= 15 is 0 Å². The van der Waals surface area contributed by atoms with Crippen molar-refractivity contribution in [2.45, 2.75) is 46.1 Å². The van der Waals surface area contributed by atoms with Crippen LogP contribution in [0.4, 0.5) is 10.6 Å². The molecule has 1 amide bonds. The SMILES string of the molecule is CCc1cc2c(N(CCC(=O)O)C(=O)OC(C)(C)C)ncnc2s1. The molecule has 0 spiro atoms. The number of carboxylic acids is 1. The van der Waals surface area contributed by atoms with Crippen LogP contribution in [0.25, 0.3) is 10.2 Å². The van der Waals surface area contributed by atoms with Gasteiger partial charge in [0.25, 0.3) is 0 Å². The second-order valence-corrected chi connectivity index (χ2v) is 7.37. The smallest absolute Gasteiger partial charge is 0.416 e. The van der Waals surface area contributed by atoms with Gasteiger partial charge in [-0.25, -0.2) is 14.8 Å². The second-order valence-electron chi connectivity index (χ2n) is 6.26. The molecule has 0 atom stereocenters. The molecule has 1 N–H and O–H groups in total. The van der Waals surface area contributed by atoms with Crippen molar-refractivity contribution in [3.63, 3.8) is 0 Å². The van der Waals surface area contributed by atoms with Crippen molar-refractivity contribution in [2.24, 2.45) is 0 Å². The van der Waals surface area contributed by atoms with Crippen LogP contribution >= 0.6 is 11.3 Å². The Balaban J connectivity index is 2.44. The van der Waals surface area contributed by atoms with Crippen molar-refractivity contribution < 1.29 is 19.4 Å². The second kappa shape index (κ2) is 7.12. The highest BCUT2D eigenvalue weighted by Crippen LogP contribution is 2.31. The summed E-state index contributed by atoms with van der Waals surface area (Å²) in [4.78, 5) is 35.1. The fourth-order valence-electron chi connectivity index (χ4n) is 2.09. The molecule has 2 rings (SSSR count). The summed E-state index contributed by atoms with van der Waals surface area (Å²) in [6.45, 7) is 7.29. The minimum Gasteiger partial charge on any atom is -0.481 e. The zero-order valence-electron chi connectivity index (χ0n) is 14.2. The average Bonchev–Trinajstić information content (AvgIpc) is 2.89. The van der Waals surface area contributed by atoms with Crippen molar-refractivity contribution in [3.05, 3.63) is 17.3 Å². The largest absolute Gasteiger partial charge is 0.481 e. The molecule has 0 aromatic carbocycles. The van der Waals surface area contributed by atoms with Gasteiger partial charge in [0, 0.05) is 11.4 Å². The molecule has 0 aliphatic heterocycles. The predicted molar refractivity (Wildman–Crippen MR) is 92.6 cm³/mol. The van der Waals surface area contributed by atoms with Gasteiger partial charge in [0.2, 0.25) is 0 Å². The molecule has 8 heteroatoms. The topological polar surface area (TPSA) is 92.6 Å². The number of thiophene rings is 1. The summed E-state index contributed by atoms with van der Waals surface area (Å²) in [6, 6.07) is 1.94. The van der Waals surface area contributed by atoms with E-state index in [1.165, 1.54) is 22.6 Å². The first-order chi connectivity index (χ1) is 11.2. The Labute approximate surface area is 144 Å². The molecule has 0 saturated heterocycles. The summed E-state index contributed by atoms with van der Waals surface area (Å²) in [7, 11) is 0. The number of carbonyl (C=O) groups excluding carboxylic acids is 1. The van der Waals surface area contributed by atoms with Gasteiger partial charge in [0.1, 0.15) is 22.6 Å². The summed E-state index contributed by atoms with van der Waals surface area (Å²) >= 11 is 1.53. The summed E-state index contributed by atoms with van der Waals surface area (Å²) in [5.41, 5.74) is -0.687. The van der Waals surface area contributed by atoms with E-state index in [2.05, 4.69) is 9.97 Å². The van der Waals surface area contributed by atoms with Crippen molar-refractivity contribution in [1.29, 1.82) is 0 Å². The van der Waals surface area contributed by atoms with Gasteiger partial charge in [0.05, 0.1) is 11.8 Å². The number of aryl methyl sites for hydroxylation is 1. The van der Waals surface area contributed by atoms with Gasteiger partial charge in [-0.1, -0.05) is 6.92 Å². The Morgan fingerprint density at radius 2 is 2.04 bits per heavy atom. The summed E-state index contributed by atoms with van der Waals surface area (Å²) in [5, 5.41) is 9.70. The molecule has 0 unspecified atom stereocenters. The highest BCUT2D eigenvalue weighted by Gasteiger charge is 2.26. The van der Waals surface area contributed by atoms with Crippen LogP contribution in [0.1, 0.15) is 39.0 Å². The number of aromatic nitrogens is 2. The van der Waals surface area contributed by atoms with E-state index in [4.69, 9.17) is 9.84 Å². The van der Waals surface area contributed by atoms with Gasteiger partial charge < -0.3 is 9.84 Å². The van der Waals surface area contributed by atoms with Crippen molar-refractivity contribution in [2.75, 3.05) is 11.4 Å². The molecule has 0 bridgehead atoms. The van der Waals surface area contributed by atoms with Gasteiger partial charge in [-0.3, -0.25) is 9.69 Å². The lowest BCUT2D eigenvalue weighted by Crippen LogP contribution is -2.38. The normalized spacial score (nSPS) is 11.5. The maximum Gasteiger partial charge on any atom is 0.416 e. The van der Waals surface area contributed by atoms with Crippen LogP contribution in [0.2, 0.25) is 0 Å². The van der Waals surface area contributed by atoms with Crippen LogP contribution < -0.4 is 4.90 Å². The Morgan fingerprint density at radius 1 is 1.33 bits per heavy atom. The highest BCUT2D eigenvalue weighted by molar-refractivity contribution is 7.18. The Hall–Kier alpha value is -2.22. The zero-order valence-corrected chi connectivity index (χ0v) is 15.0. The van der Waals surface area contributed by atoms with Crippen molar-refractivity contribution in [3.8, 4) is 0 Å². The van der Waals surface area contributed by atoms with E-state index in [9.17, 15) is 9.59 Å². The Morgan fingerprint density at radius 3 is 2.62 bits per heavy atom. The fourth-order valence-corrected chi connectivity index (χ4v) is 3.02. The van der Waals surface area contributed by atoms with Gasteiger partial charge in [-0.2, -0.15) is 0 Å². The third-order valence-electron chi connectivity index (χ3n) is 3.13. The number of carbonyl (C=O) groups is 2. The maximum absolute atomic E-state index is 12.5. The Kier molecular flexibility index (Phi) is 5.38. The molecule has 2 aromatic heterocycles. The predicted octanol–water partition coefficient (Wildman–Crippen LogP) is 3.47. The molecule has 2 heterocycles. The molecule has 2 aromatic rings. The number of carboxylic acid groups (broad SMARTS) is 1. The lowest BCUT2D eigenvalue weighted by molar-refractivity contribution is -0.136. The van der Waals surface area contributed by atoms with Gasteiger partial charge in [-0.05, 0) is 33.3 Å². The van der Waals surface area contributed by atoms with Crippen LogP contribution in [-0.2, 0) is 16.0 Å². The van der Waals surface area contributed by atoms with E-state index in [1.807, 2.05) is 13.0 Å². The highest BCUT2D eigenvalue weighted by atomic mass is 32.1. The monoisotopic (exact) mass is 351 g/mol. The average molecular weight is 351 g/mol. The van der Waals surface area contributed by atoms with Crippen molar-refractivity contribution >= 4 is 39.4 Å². The van der Waals surface area contributed by atoms with E-state index < -0.39 is 17.7 Å². The van der Waals surface area contributed by atoms with E-state index in [0.717, 1.165) is 21.5 Å². The number of rotatable bonds is 5. The number of fused-ring (bicyclic) bond motifs is 1. The van der Waals surface area contributed by atoms with Crippen LogP contribution in [0.5, 0.6) is 0 Å². The van der Waals surface area contributed by atoms with Gasteiger partial charge in [0.15, 0.2) is 0 Å². The number of hydrogen-bond acceptors (Lipinski definition) is 6. The first kappa shape index (κ1) is 18.1. The molecule has 0 aliphatic rings. The number of aliphatic carboxylic acids is 1. The lowest BCUT2D eigenvalue weighted by Gasteiger charge is -2.26. The molecule has 0 aliphatic carbocycles. The van der Waals surface area contributed by atoms with E-state index in [0.29, 0.717) is 5.82 Å². The molecule has 0 saturated carbocycles. The third kappa shape index (κ3) is 4.41. The van der Waals surface area contributed by atoms with Crippen LogP contribution in [-0.4, -0.2) is 39.3 Å². The van der Waals surface area contributed by atoms with Crippen molar-refractivity contribution in [1.82, 2.24) is 9.97 Å². The quantitative estimate of drug-likeness (QED) is 0.886. The molecule has 0 fully saturated rings. The number of ether oxygens (including phenoxy) is 1. The zero-order chi connectivity index (χ0) is 17.9. The number of nitrogens with zero attached hydrogens (tertiary/aromatic N) is 3. The number of anilines is 1. The summed E-state index contributed by atoms with van der Waals surface area (Å²) < 4.78 is 5.41. The molecule has 7 nitrogen and oxygen atoms in total. The van der Waals surface area contributed by atoms with Crippen LogP contribution in [0.3, 0.4) is 0 Å². The summed E-state index contributed by atoms with van der Waals surface area (Å²) in [5.74, 6) is -0.611. The fraction of sp³-hybridized carbons (Fsp3) is 0.500. The minimum atomic E-state index is -0.992. The molecule has 0 radical (unpaired) electrons. The lowest BCUT2D eigenvalue weighted by atomic mass is 10.2. The molecule has 130 valence electrons. The minimum absolute atomic E-state index is 0.0202. The van der Waals surface area contributed by atoms with Crippen LogP contribution in [0.15, 0.2) is 12.4 Å².